The number of methoxy groups -OCH3 is 1. The largest absolute Gasteiger partial charge is 0.496 e. The Morgan fingerprint density at radius 1 is 1.47 bits per heavy atom. The Morgan fingerprint density at radius 2 is 2.18 bits per heavy atom. The molecule has 94 valence electrons. The number of halogens is 1. The molecule has 0 aliphatic rings. The van der Waals surface area contributed by atoms with Gasteiger partial charge in [-0.2, -0.15) is 0 Å². The number of alkyl halides is 1. The first kappa shape index (κ1) is 14.0. The fourth-order valence-corrected chi connectivity index (χ4v) is 2.05. The Morgan fingerprint density at radius 3 is 2.82 bits per heavy atom. The third-order valence-electron chi connectivity index (χ3n) is 2.45. The zero-order chi connectivity index (χ0) is 12.7. The van der Waals surface area contributed by atoms with Crippen molar-refractivity contribution in [1.29, 1.82) is 0 Å². The van der Waals surface area contributed by atoms with Gasteiger partial charge in [0.2, 0.25) is 5.91 Å². The van der Waals surface area contributed by atoms with Crippen molar-refractivity contribution in [2.45, 2.75) is 25.8 Å². The lowest BCUT2D eigenvalue weighted by Gasteiger charge is -2.15. The number of ether oxygens (including phenoxy) is 1. The van der Waals surface area contributed by atoms with Crippen LogP contribution < -0.4 is 10.1 Å². The van der Waals surface area contributed by atoms with E-state index in [1.54, 1.807) is 7.11 Å². The Hall–Kier alpha value is -1.03. The summed E-state index contributed by atoms with van der Waals surface area (Å²) < 4.78 is 5.28. The molecule has 0 radical (unpaired) electrons. The molecule has 1 rings (SSSR count). The molecular weight excluding hydrogens is 282 g/mol. The van der Waals surface area contributed by atoms with Crippen LogP contribution in [-0.4, -0.2) is 24.4 Å². The van der Waals surface area contributed by atoms with E-state index < -0.39 is 0 Å². The fourth-order valence-electron chi connectivity index (χ4n) is 1.69. The number of benzene rings is 1. The van der Waals surface area contributed by atoms with Gasteiger partial charge in [0.05, 0.1) is 7.11 Å². The van der Waals surface area contributed by atoms with E-state index in [4.69, 9.17) is 4.74 Å². The highest BCUT2D eigenvalue weighted by Gasteiger charge is 2.10. The summed E-state index contributed by atoms with van der Waals surface area (Å²) in [5.41, 5.74) is 1.11. The van der Waals surface area contributed by atoms with Gasteiger partial charge in [-0.15, -0.1) is 0 Å². The molecular formula is C13H18BrNO2. The van der Waals surface area contributed by atoms with Crippen LogP contribution in [0, 0.1) is 0 Å². The standard InChI is InChI=1S/C13H18BrNO2/c1-10(15-13(16)7-8-14)9-11-5-3-4-6-12(11)17-2/h3-6,10H,7-9H2,1-2H3,(H,15,16). The zero-order valence-electron chi connectivity index (χ0n) is 10.2. The second-order valence-electron chi connectivity index (χ2n) is 3.92. The van der Waals surface area contributed by atoms with E-state index in [9.17, 15) is 4.79 Å². The number of amides is 1. The zero-order valence-corrected chi connectivity index (χ0v) is 11.8. The lowest BCUT2D eigenvalue weighted by atomic mass is 10.1. The maximum atomic E-state index is 11.4. The van der Waals surface area contributed by atoms with Crippen LogP contribution in [0.4, 0.5) is 0 Å². The molecule has 0 heterocycles. The topological polar surface area (TPSA) is 38.3 Å². The first-order valence-electron chi connectivity index (χ1n) is 5.64. The first-order valence-corrected chi connectivity index (χ1v) is 6.76. The van der Waals surface area contributed by atoms with Crippen LogP contribution in [0.25, 0.3) is 0 Å². The minimum atomic E-state index is 0.0734. The highest BCUT2D eigenvalue weighted by atomic mass is 79.9. The number of carbonyl (C=O) groups excluding carboxylic acids is 1. The van der Waals surface area contributed by atoms with Crippen molar-refractivity contribution in [1.82, 2.24) is 5.32 Å². The van der Waals surface area contributed by atoms with Gasteiger partial charge < -0.3 is 10.1 Å². The molecule has 0 fully saturated rings. The molecule has 0 aromatic heterocycles. The van der Waals surface area contributed by atoms with Gasteiger partial charge in [0.25, 0.3) is 0 Å². The normalized spacial score (nSPS) is 11.9. The molecule has 0 aliphatic carbocycles. The van der Waals surface area contributed by atoms with E-state index in [0.717, 1.165) is 17.7 Å². The van der Waals surface area contributed by atoms with Crippen LogP contribution >= 0.6 is 15.9 Å². The molecule has 0 aliphatic heterocycles. The van der Waals surface area contributed by atoms with Crippen LogP contribution in [0.3, 0.4) is 0 Å². The molecule has 1 atom stereocenters. The number of hydrogen-bond acceptors (Lipinski definition) is 2. The van der Waals surface area contributed by atoms with Gasteiger partial charge in [0.1, 0.15) is 5.75 Å². The van der Waals surface area contributed by atoms with Gasteiger partial charge >= 0.3 is 0 Å². The molecule has 17 heavy (non-hydrogen) atoms. The van der Waals surface area contributed by atoms with Crippen molar-refractivity contribution >= 4 is 21.8 Å². The van der Waals surface area contributed by atoms with Crippen molar-refractivity contribution in [2.75, 3.05) is 12.4 Å². The average molecular weight is 300 g/mol. The van der Waals surface area contributed by atoms with Crippen LogP contribution in [-0.2, 0) is 11.2 Å². The van der Waals surface area contributed by atoms with Gasteiger partial charge in [0, 0.05) is 17.8 Å². The minimum Gasteiger partial charge on any atom is -0.496 e. The Bertz CT molecular complexity index is 368. The van der Waals surface area contributed by atoms with Crippen molar-refractivity contribution in [2.24, 2.45) is 0 Å². The molecule has 0 saturated heterocycles. The molecule has 0 bridgehead atoms. The Labute approximate surface area is 111 Å². The van der Waals surface area contributed by atoms with Gasteiger partial charge in [-0.1, -0.05) is 34.1 Å². The number of para-hydroxylation sites is 1. The molecule has 4 heteroatoms. The Kier molecular flexibility index (Phi) is 6.05. The molecule has 1 aromatic rings. The van der Waals surface area contributed by atoms with Crippen LogP contribution in [0.15, 0.2) is 24.3 Å². The number of rotatable bonds is 6. The SMILES string of the molecule is COc1ccccc1CC(C)NC(=O)CCBr. The first-order chi connectivity index (χ1) is 8.17. The van der Waals surface area contributed by atoms with E-state index >= 15 is 0 Å². The second kappa shape index (κ2) is 7.33. The van der Waals surface area contributed by atoms with Crippen molar-refractivity contribution in [3.05, 3.63) is 29.8 Å². The lowest BCUT2D eigenvalue weighted by Crippen LogP contribution is -2.34. The molecule has 1 N–H and O–H groups in total. The van der Waals surface area contributed by atoms with Crippen molar-refractivity contribution in [3.63, 3.8) is 0 Å². The average Bonchev–Trinajstić information content (AvgIpc) is 2.29. The third-order valence-corrected chi connectivity index (χ3v) is 2.84. The Balaban J connectivity index is 2.55. The highest BCUT2D eigenvalue weighted by molar-refractivity contribution is 9.09. The molecule has 1 amide bonds. The van der Waals surface area contributed by atoms with Gasteiger partial charge in [-0.05, 0) is 25.0 Å². The summed E-state index contributed by atoms with van der Waals surface area (Å²) in [6.45, 7) is 2.00. The maximum Gasteiger partial charge on any atom is 0.221 e. The molecule has 0 spiro atoms. The summed E-state index contributed by atoms with van der Waals surface area (Å²) in [5, 5.41) is 3.65. The predicted molar refractivity (Wildman–Crippen MR) is 72.7 cm³/mol. The smallest absolute Gasteiger partial charge is 0.221 e. The summed E-state index contributed by atoms with van der Waals surface area (Å²) in [6, 6.07) is 7.98. The second-order valence-corrected chi connectivity index (χ2v) is 4.72. The van der Waals surface area contributed by atoms with E-state index in [1.807, 2.05) is 31.2 Å². The molecule has 0 saturated carbocycles. The van der Waals surface area contributed by atoms with Gasteiger partial charge in [-0.25, -0.2) is 0 Å². The summed E-state index contributed by atoms with van der Waals surface area (Å²) in [5.74, 6) is 0.943. The summed E-state index contributed by atoms with van der Waals surface area (Å²) >= 11 is 3.25. The van der Waals surface area contributed by atoms with E-state index in [-0.39, 0.29) is 11.9 Å². The third kappa shape index (κ3) is 4.77. The summed E-state index contributed by atoms with van der Waals surface area (Å²) in [4.78, 5) is 11.4. The van der Waals surface area contributed by atoms with Crippen LogP contribution in [0.5, 0.6) is 5.75 Å². The predicted octanol–water partition coefficient (Wildman–Crippen LogP) is 2.53. The molecule has 1 aromatic carbocycles. The van der Waals surface area contributed by atoms with Crippen LogP contribution in [0.2, 0.25) is 0 Å². The van der Waals surface area contributed by atoms with Crippen molar-refractivity contribution in [3.8, 4) is 5.75 Å². The number of hydrogen-bond donors (Lipinski definition) is 1. The summed E-state index contributed by atoms with van der Waals surface area (Å²) in [6.07, 6.45) is 1.29. The van der Waals surface area contributed by atoms with Gasteiger partial charge in [-0.3, -0.25) is 4.79 Å². The minimum absolute atomic E-state index is 0.0734. The number of carbonyl (C=O) groups is 1. The fraction of sp³-hybridized carbons (Fsp3) is 0.462. The molecule has 3 nitrogen and oxygen atoms in total. The van der Waals surface area contributed by atoms with Gasteiger partial charge in [0.15, 0.2) is 0 Å². The van der Waals surface area contributed by atoms with E-state index in [2.05, 4.69) is 21.2 Å². The monoisotopic (exact) mass is 299 g/mol. The lowest BCUT2D eigenvalue weighted by molar-refractivity contribution is -0.121. The van der Waals surface area contributed by atoms with Crippen molar-refractivity contribution < 1.29 is 9.53 Å². The molecule has 1 unspecified atom stereocenters. The number of nitrogens with one attached hydrogen (secondary N) is 1. The van der Waals surface area contributed by atoms with E-state index in [1.165, 1.54) is 0 Å². The quantitative estimate of drug-likeness (QED) is 0.820. The highest BCUT2D eigenvalue weighted by Crippen LogP contribution is 2.18. The van der Waals surface area contributed by atoms with E-state index in [0.29, 0.717) is 11.8 Å². The van der Waals surface area contributed by atoms with Crippen LogP contribution in [0.1, 0.15) is 18.9 Å². The maximum absolute atomic E-state index is 11.4. The summed E-state index contributed by atoms with van der Waals surface area (Å²) in [7, 11) is 1.66.